The van der Waals surface area contributed by atoms with E-state index in [0.717, 1.165) is 46.9 Å². The number of nitrogens with one attached hydrogen (secondary N) is 2. The molecule has 2 heterocycles. The van der Waals surface area contributed by atoms with Crippen LogP contribution in [-0.4, -0.2) is 41.0 Å². The molecular formula is C35H48N4O3S. The van der Waals surface area contributed by atoms with E-state index in [1.54, 1.807) is 14.0 Å². The lowest BCUT2D eigenvalue weighted by Crippen LogP contribution is -2.40. The van der Waals surface area contributed by atoms with Crippen molar-refractivity contribution in [3.63, 3.8) is 0 Å². The molecule has 1 fully saturated rings. The fraction of sp³-hybridized carbons (Fsp3) is 0.457. The second-order valence-corrected chi connectivity index (χ2v) is 12.7. The second kappa shape index (κ2) is 15.8. The summed E-state index contributed by atoms with van der Waals surface area (Å²) >= 11 is 1.51. The number of hydrogen-bond donors (Lipinski definition) is 2. The summed E-state index contributed by atoms with van der Waals surface area (Å²) in [5.74, 6) is -0.0868. The zero-order chi connectivity index (χ0) is 31.6. The van der Waals surface area contributed by atoms with Gasteiger partial charge in [-0.15, -0.1) is 11.3 Å². The Balaban J connectivity index is 0.00000162. The molecule has 0 bridgehead atoms. The van der Waals surface area contributed by atoms with E-state index in [2.05, 4.69) is 49.8 Å². The van der Waals surface area contributed by atoms with Gasteiger partial charge in [0.05, 0.1) is 17.3 Å². The lowest BCUT2D eigenvalue weighted by atomic mass is 9.87. The first-order valence-corrected chi connectivity index (χ1v) is 16.1. The Hall–Kier alpha value is -3.49. The highest BCUT2D eigenvalue weighted by Gasteiger charge is 2.26. The van der Waals surface area contributed by atoms with Gasteiger partial charge in [0.1, 0.15) is 0 Å². The first-order valence-electron chi connectivity index (χ1n) is 15.2. The molecule has 1 atom stereocenters. The average molecular weight is 605 g/mol. The summed E-state index contributed by atoms with van der Waals surface area (Å²) in [6.07, 6.45) is 12.7. The number of carbonyl (C=O) groups excluding carboxylic acids is 2. The Kier molecular flexibility index (Phi) is 12.5. The minimum Gasteiger partial charge on any atom is -0.385 e. The van der Waals surface area contributed by atoms with Crippen molar-refractivity contribution >= 4 is 34.2 Å². The molecule has 2 N–H and O–H groups in total. The van der Waals surface area contributed by atoms with E-state index >= 15 is 0 Å². The highest BCUT2D eigenvalue weighted by atomic mass is 32.1. The van der Waals surface area contributed by atoms with E-state index in [-0.39, 0.29) is 23.3 Å². The number of allylic oxidation sites excluding steroid dienone is 2. The molecule has 1 amide bonds. The molecule has 0 aliphatic heterocycles. The molecule has 1 unspecified atom stereocenters. The standard InChI is InChI=1S/C32H40N4O3S.C3H8/c1-7-9-22-12-13-24(18-26(22)21(2)37)28-20-40-31(34-28)35-29(23-10-8-11-23)27(15-17-39-6)33-30(38)25-14-16-36(19-25)32(3,4)5;1-3-2/h7,9,12-14,16,18-20,27H,8,10-11,15,17H2,1-6H3,(H,33,38)(H,34,35);3H2,1-2H3/b9-7-;. The molecule has 1 aliphatic carbocycles. The van der Waals surface area contributed by atoms with Crippen LogP contribution in [-0.2, 0) is 10.3 Å². The number of ether oxygens (including phenoxy) is 1. The van der Waals surface area contributed by atoms with Gasteiger partial charge < -0.3 is 19.9 Å². The molecule has 8 heteroatoms. The quantitative estimate of drug-likeness (QED) is 0.214. The molecule has 1 aliphatic rings. The molecule has 43 heavy (non-hydrogen) atoms. The van der Waals surface area contributed by atoms with E-state index in [1.165, 1.54) is 23.3 Å². The number of methoxy groups -OCH3 is 1. The third-order valence-electron chi connectivity index (χ3n) is 7.15. The minimum absolute atomic E-state index is 0.0232. The van der Waals surface area contributed by atoms with Crippen LogP contribution in [0.1, 0.15) is 107 Å². The normalized spacial score (nSPS) is 13.6. The highest BCUT2D eigenvalue weighted by Crippen LogP contribution is 2.34. The zero-order valence-corrected chi connectivity index (χ0v) is 27.9. The van der Waals surface area contributed by atoms with Gasteiger partial charge in [0.2, 0.25) is 0 Å². The van der Waals surface area contributed by atoms with Crippen molar-refractivity contribution in [2.45, 2.75) is 92.2 Å². The van der Waals surface area contributed by atoms with Crippen molar-refractivity contribution in [1.82, 2.24) is 14.9 Å². The van der Waals surface area contributed by atoms with Crippen LogP contribution in [0.4, 0.5) is 5.13 Å². The summed E-state index contributed by atoms with van der Waals surface area (Å²) < 4.78 is 7.46. The van der Waals surface area contributed by atoms with Gasteiger partial charge in [-0.3, -0.25) is 9.59 Å². The fourth-order valence-corrected chi connectivity index (χ4v) is 5.42. The van der Waals surface area contributed by atoms with Gasteiger partial charge >= 0.3 is 0 Å². The summed E-state index contributed by atoms with van der Waals surface area (Å²) in [6, 6.07) is 7.49. The van der Waals surface area contributed by atoms with Gasteiger partial charge in [-0.1, -0.05) is 44.6 Å². The molecule has 0 radical (unpaired) electrons. The smallest absolute Gasteiger partial charge is 0.253 e. The molecule has 232 valence electrons. The molecular weight excluding hydrogens is 556 g/mol. The van der Waals surface area contributed by atoms with Crippen LogP contribution < -0.4 is 10.6 Å². The number of nitrogens with zero attached hydrogens (tertiary/aromatic N) is 2. The van der Waals surface area contributed by atoms with Crippen molar-refractivity contribution in [3.05, 3.63) is 76.1 Å². The Labute approximate surface area is 261 Å². The van der Waals surface area contributed by atoms with Crippen LogP contribution in [0.3, 0.4) is 0 Å². The summed E-state index contributed by atoms with van der Waals surface area (Å²) in [7, 11) is 1.68. The number of carbonyl (C=O) groups is 2. The maximum absolute atomic E-state index is 13.3. The van der Waals surface area contributed by atoms with E-state index in [9.17, 15) is 9.59 Å². The SMILES string of the molecule is C/C=C\c1ccc(-c2csc(NC(=C3CCC3)C(CCOC)NC(=O)c3ccn(C(C)(C)C)c3)n2)cc1C(C)=O.CCC. The number of thiazole rings is 1. The maximum Gasteiger partial charge on any atom is 0.253 e. The first-order chi connectivity index (χ1) is 20.5. The predicted molar refractivity (Wildman–Crippen MR) is 180 cm³/mol. The van der Waals surface area contributed by atoms with Gasteiger partial charge in [-0.05, 0) is 83.6 Å². The topological polar surface area (TPSA) is 85.2 Å². The zero-order valence-electron chi connectivity index (χ0n) is 27.0. The number of rotatable bonds is 11. The monoisotopic (exact) mass is 604 g/mol. The molecule has 3 aromatic rings. The van der Waals surface area contributed by atoms with Gasteiger partial charge in [-0.2, -0.15) is 0 Å². The first kappa shape index (κ1) is 34.0. The highest BCUT2D eigenvalue weighted by molar-refractivity contribution is 7.14. The molecule has 0 saturated heterocycles. The molecule has 2 aromatic heterocycles. The molecule has 7 nitrogen and oxygen atoms in total. The van der Waals surface area contributed by atoms with Gasteiger partial charge in [0.25, 0.3) is 5.91 Å². The summed E-state index contributed by atoms with van der Waals surface area (Å²) in [5.41, 5.74) is 6.12. The average Bonchev–Trinajstić information content (AvgIpc) is 3.61. The van der Waals surface area contributed by atoms with Crippen molar-refractivity contribution in [1.29, 1.82) is 0 Å². The van der Waals surface area contributed by atoms with Crippen molar-refractivity contribution < 1.29 is 14.3 Å². The van der Waals surface area contributed by atoms with Crippen LogP contribution in [0.25, 0.3) is 17.3 Å². The number of amides is 1. The third-order valence-corrected chi connectivity index (χ3v) is 7.91. The van der Waals surface area contributed by atoms with E-state index in [0.29, 0.717) is 24.2 Å². The van der Waals surface area contributed by atoms with Crippen molar-refractivity contribution in [3.8, 4) is 11.3 Å². The van der Waals surface area contributed by atoms with E-state index in [1.807, 2.05) is 61.1 Å². The van der Waals surface area contributed by atoms with Gasteiger partial charge in [0.15, 0.2) is 10.9 Å². The van der Waals surface area contributed by atoms with Gasteiger partial charge in [-0.25, -0.2) is 4.98 Å². The van der Waals surface area contributed by atoms with Crippen LogP contribution in [0.15, 0.2) is 59.4 Å². The third kappa shape index (κ3) is 9.25. The summed E-state index contributed by atoms with van der Waals surface area (Å²) in [4.78, 5) is 30.5. The Morgan fingerprint density at radius 2 is 1.91 bits per heavy atom. The van der Waals surface area contributed by atoms with Crippen LogP contribution in [0, 0.1) is 0 Å². The minimum atomic E-state index is -0.238. The Morgan fingerprint density at radius 1 is 1.19 bits per heavy atom. The van der Waals surface area contributed by atoms with Crippen LogP contribution in [0.2, 0.25) is 0 Å². The Morgan fingerprint density at radius 3 is 2.47 bits per heavy atom. The number of Topliss-reactive ketones (excluding diaryl/α,β-unsaturated/α-hetero) is 1. The van der Waals surface area contributed by atoms with E-state index in [4.69, 9.17) is 9.72 Å². The predicted octanol–water partition coefficient (Wildman–Crippen LogP) is 8.70. The van der Waals surface area contributed by atoms with Crippen LogP contribution in [0.5, 0.6) is 0 Å². The lowest BCUT2D eigenvalue weighted by Gasteiger charge is -2.29. The second-order valence-electron chi connectivity index (χ2n) is 11.9. The number of benzene rings is 1. The number of ketones is 1. The molecule has 1 saturated carbocycles. The van der Waals surface area contributed by atoms with Crippen LogP contribution >= 0.6 is 11.3 Å². The Bertz CT molecular complexity index is 1440. The fourth-order valence-electron chi connectivity index (χ4n) is 4.68. The summed E-state index contributed by atoms with van der Waals surface area (Å²) in [5, 5.41) is 9.58. The molecule has 4 rings (SSSR count). The maximum atomic E-state index is 13.3. The van der Waals surface area contributed by atoms with Crippen molar-refractivity contribution in [2.24, 2.45) is 0 Å². The largest absolute Gasteiger partial charge is 0.385 e. The number of aromatic nitrogens is 2. The molecule has 0 spiro atoms. The number of hydrogen-bond acceptors (Lipinski definition) is 6. The van der Waals surface area contributed by atoms with Gasteiger partial charge in [0, 0.05) is 53.9 Å². The number of anilines is 1. The summed E-state index contributed by atoms with van der Waals surface area (Å²) in [6.45, 7) is 14.6. The lowest BCUT2D eigenvalue weighted by molar-refractivity contribution is 0.0931. The van der Waals surface area contributed by atoms with Crippen molar-refractivity contribution in [2.75, 3.05) is 19.0 Å². The van der Waals surface area contributed by atoms with E-state index < -0.39 is 0 Å². The molecule has 1 aromatic carbocycles.